The molecular weight excluding hydrogens is 305 g/mol. The summed E-state index contributed by atoms with van der Waals surface area (Å²) in [6, 6.07) is 7.92. The average Bonchev–Trinajstić information content (AvgIpc) is 2.47. The molecule has 1 heterocycles. The normalized spacial score (nSPS) is 10.5. The molecule has 0 saturated carbocycles. The molecule has 0 aliphatic heterocycles. The van der Waals surface area contributed by atoms with Gasteiger partial charge in [-0.05, 0) is 12.1 Å². The van der Waals surface area contributed by atoms with Gasteiger partial charge in [-0.3, -0.25) is 0 Å². The van der Waals surface area contributed by atoms with E-state index in [2.05, 4.69) is 14.7 Å². The Balaban J connectivity index is 0.00000220. The van der Waals surface area contributed by atoms with Gasteiger partial charge in [-0.2, -0.15) is 0 Å². The second kappa shape index (κ2) is 8.30. The van der Waals surface area contributed by atoms with E-state index in [-0.39, 0.29) is 53.6 Å². The van der Waals surface area contributed by atoms with Crippen LogP contribution in [0, 0.1) is 0 Å². The Kier molecular flexibility index (Phi) is 7.06. The zero-order chi connectivity index (χ0) is 14.4. The van der Waals surface area contributed by atoms with Crippen LogP contribution in [0.25, 0.3) is 0 Å². The van der Waals surface area contributed by atoms with Crippen molar-refractivity contribution in [1.82, 2.24) is 9.97 Å². The van der Waals surface area contributed by atoms with Gasteiger partial charge in [0.1, 0.15) is 6.61 Å². The number of hydrogen-bond donors (Lipinski definition) is 2. The Bertz CT molecular complexity index is 650. The second-order valence-corrected chi connectivity index (χ2v) is 5.42. The fraction of sp³-hybridized carbons (Fsp3) is 0.167. The third-order valence-corrected chi connectivity index (χ3v) is 3.61. The molecule has 2 rings (SSSR count). The van der Waals surface area contributed by atoms with Crippen molar-refractivity contribution in [3.8, 4) is 5.75 Å². The van der Waals surface area contributed by atoms with E-state index in [4.69, 9.17) is 9.84 Å². The summed E-state index contributed by atoms with van der Waals surface area (Å²) in [7, 11) is -3.70. The molecule has 0 amide bonds. The molecule has 0 spiro atoms. The predicted octanol–water partition coefficient (Wildman–Crippen LogP) is -2.35. The molecule has 7 nitrogen and oxygen atoms in total. The van der Waals surface area contributed by atoms with Gasteiger partial charge in [0.05, 0.1) is 23.9 Å². The minimum Gasteiger partial charge on any atom is -0.488 e. The third kappa shape index (κ3) is 5.25. The largest absolute Gasteiger partial charge is 1.00 e. The van der Waals surface area contributed by atoms with E-state index in [1.54, 1.807) is 18.2 Å². The maximum Gasteiger partial charge on any atom is 1.00 e. The summed E-state index contributed by atoms with van der Waals surface area (Å²) >= 11 is 0. The Hall–Kier alpha value is -1.19. The molecule has 2 N–H and O–H groups in total. The van der Waals surface area contributed by atoms with Crippen molar-refractivity contribution < 1.29 is 47.8 Å². The van der Waals surface area contributed by atoms with Crippen LogP contribution in [0.3, 0.4) is 0 Å². The Morgan fingerprint density at radius 1 is 1.14 bits per heavy atom. The molecule has 0 atom stereocenters. The summed E-state index contributed by atoms with van der Waals surface area (Å²) in [5, 5.41) is 8.60. The fourth-order valence-electron chi connectivity index (χ4n) is 1.39. The first-order valence-corrected chi connectivity index (χ1v) is 7.24. The van der Waals surface area contributed by atoms with Crippen molar-refractivity contribution in [2.45, 2.75) is 4.90 Å². The molecule has 1 aromatic carbocycles. The van der Waals surface area contributed by atoms with Crippen LogP contribution >= 0.6 is 0 Å². The zero-order valence-corrected chi connectivity index (χ0v) is 14.2. The minimum atomic E-state index is -3.70. The van der Waals surface area contributed by atoms with Gasteiger partial charge in [0, 0.05) is 0 Å². The first-order valence-electron chi connectivity index (χ1n) is 5.75. The van der Waals surface area contributed by atoms with Gasteiger partial charge in [0.25, 0.3) is 10.0 Å². The molecule has 0 bridgehead atoms. The number of rotatable bonds is 6. The number of anilines is 1. The summed E-state index contributed by atoms with van der Waals surface area (Å²) in [5.41, 5.74) is 0. The zero-order valence-electron chi connectivity index (χ0n) is 11.4. The standard InChI is InChI=1S/C12H13N3O4S.Na/c16-6-7-19-10-8-13-12(14-9-10)15-20(17,18)11-4-2-1-3-5-11;/h1-5,8-9,16H,6-7H2,(H,13,14,15);/q;+1. The number of ether oxygens (including phenoxy) is 1. The van der Waals surface area contributed by atoms with Crippen molar-refractivity contribution in [2.75, 3.05) is 17.9 Å². The van der Waals surface area contributed by atoms with E-state index < -0.39 is 10.0 Å². The predicted molar refractivity (Wildman–Crippen MR) is 71.9 cm³/mol. The van der Waals surface area contributed by atoms with E-state index in [9.17, 15) is 8.42 Å². The molecule has 0 aliphatic rings. The molecule has 9 heteroatoms. The number of aromatic nitrogens is 2. The number of nitrogens with zero attached hydrogens (tertiary/aromatic N) is 2. The second-order valence-electron chi connectivity index (χ2n) is 3.73. The Morgan fingerprint density at radius 2 is 1.76 bits per heavy atom. The number of hydrogen-bond acceptors (Lipinski definition) is 6. The average molecular weight is 318 g/mol. The van der Waals surface area contributed by atoms with E-state index in [1.807, 2.05) is 0 Å². The van der Waals surface area contributed by atoms with Crippen LogP contribution in [0.1, 0.15) is 0 Å². The monoisotopic (exact) mass is 318 g/mol. The summed E-state index contributed by atoms with van der Waals surface area (Å²) in [4.78, 5) is 7.80. The van der Waals surface area contributed by atoms with Gasteiger partial charge < -0.3 is 9.84 Å². The first-order chi connectivity index (χ1) is 9.62. The smallest absolute Gasteiger partial charge is 0.488 e. The molecule has 0 saturated heterocycles. The Morgan fingerprint density at radius 3 is 2.33 bits per heavy atom. The van der Waals surface area contributed by atoms with Crippen LogP contribution < -0.4 is 39.0 Å². The maximum atomic E-state index is 12.0. The van der Waals surface area contributed by atoms with Gasteiger partial charge in [-0.25, -0.2) is 23.1 Å². The summed E-state index contributed by atoms with van der Waals surface area (Å²) in [5.74, 6) is 0.298. The molecule has 0 aliphatic carbocycles. The molecule has 1 aromatic heterocycles. The van der Waals surface area contributed by atoms with Crippen molar-refractivity contribution in [3.63, 3.8) is 0 Å². The van der Waals surface area contributed by atoms with Crippen LogP contribution in [-0.2, 0) is 10.0 Å². The topological polar surface area (TPSA) is 101 Å². The van der Waals surface area contributed by atoms with Gasteiger partial charge in [0.15, 0.2) is 5.75 Å². The molecule has 2 aromatic rings. The van der Waals surface area contributed by atoms with Crippen molar-refractivity contribution >= 4 is 16.0 Å². The summed E-state index contributed by atoms with van der Waals surface area (Å²) in [6.45, 7) is 0.000830. The summed E-state index contributed by atoms with van der Waals surface area (Å²) in [6.07, 6.45) is 2.65. The van der Waals surface area contributed by atoms with E-state index in [1.165, 1.54) is 24.5 Å². The first kappa shape index (κ1) is 17.9. The van der Waals surface area contributed by atoms with Gasteiger partial charge >= 0.3 is 29.6 Å². The van der Waals surface area contributed by atoms with E-state index >= 15 is 0 Å². The number of aliphatic hydroxyl groups is 1. The maximum absolute atomic E-state index is 12.0. The van der Waals surface area contributed by atoms with Gasteiger partial charge in [-0.15, -0.1) is 0 Å². The molecule has 106 valence electrons. The fourth-order valence-corrected chi connectivity index (χ4v) is 2.36. The Labute approximate surface area is 144 Å². The van der Waals surface area contributed by atoms with Crippen LogP contribution in [0.5, 0.6) is 5.75 Å². The summed E-state index contributed by atoms with van der Waals surface area (Å²) < 4.78 is 31.3. The third-order valence-electron chi connectivity index (χ3n) is 2.27. The molecule has 0 fully saturated rings. The van der Waals surface area contributed by atoms with Crippen molar-refractivity contribution in [3.05, 3.63) is 42.7 Å². The van der Waals surface area contributed by atoms with Crippen molar-refractivity contribution in [1.29, 1.82) is 0 Å². The van der Waals surface area contributed by atoms with Crippen LogP contribution in [0.2, 0.25) is 0 Å². The number of benzene rings is 1. The van der Waals surface area contributed by atoms with Crippen molar-refractivity contribution in [2.24, 2.45) is 0 Å². The van der Waals surface area contributed by atoms with E-state index in [0.29, 0.717) is 5.75 Å². The molecule has 0 unspecified atom stereocenters. The SMILES string of the molecule is O=S(=O)(Nc1ncc(OCCO)cn1)c1ccccc1.[Na+]. The van der Waals surface area contributed by atoms with Crippen LogP contribution in [0.4, 0.5) is 5.95 Å². The number of aliphatic hydroxyl groups excluding tert-OH is 1. The molecule has 21 heavy (non-hydrogen) atoms. The van der Waals surface area contributed by atoms with Crippen LogP contribution in [-0.4, -0.2) is 36.7 Å². The number of nitrogens with one attached hydrogen (secondary N) is 1. The minimum absolute atomic E-state index is 0. The van der Waals surface area contributed by atoms with Crippen LogP contribution in [0.15, 0.2) is 47.6 Å². The number of sulfonamides is 1. The van der Waals surface area contributed by atoms with E-state index in [0.717, 1.165) is 0 Å². The molecular formula is C12H13N3NaO4S+. The van der Waals surface area contributed by atoms with Gasteiger partial charge in [0.2, 0.25) is 5.95 Å². The van der Waals surface area contributed by atoms with Gasteiger partial charge in [-0.1, -0.05) is 18.2 Å². The molecule has 0 radical (unpaired) electrons. The quantitative estimate of drug-likeness (QED) is 0.579.